The molecule has 0 bridgehead atoms. The van der Waals surface area contributed by atoms with Gasteiger partial charge in [0.2, 0.25) is 11.2 Å². The number of carbonyl (C=O) groups excluding carboxylic acids is 1. The normalized spacial score (nSPS) is 10.5. The molecular formula is C17H10ClFN2O4S. The van der Waals surface area contributed by atoms with Gasteiger partial charge in [0.25, 0.3) is 0 Å². The summed E-state index contributed by atoms with van der Waals surface area (Å²) in [6, 6.07) is 6.63. The molecule has 0 spiro atoms. The monoisotopic (exact) mass is 392 g/mol. The Morgan fingerprint density at radius 1 is 1.27 bits per heavy atom. The molecule has 0 aliphatic heterocycles. The molecular weight excluding hydrogens is 383 g/mol. The van der Waals surface area contributed by atoms with Gasteiger partial charge in [0.15, 0.2) is 5.16 Å². The highest BCUT2D eigenvalue weighted by Crippen LogP contribution is 2.22. The van der Waals surface area contributed by atoms with Crippen LogP contribution in [0.4, 0.5) is 4.39 Å². The van der Waals surface area contributed by atoms with Crippen LogP contribution in [0.15, 0.2) is 63.4 Å². The molecule has 0 aliphatic rings. The Hall–Kier alpha value is -2.71. The molecule has 0 N–H and O–H groups in total. The summed E-state index contributed by atoms with van der Waals surface area (Å²) in [6.07, 6.45) is 4.19. The van der Waals surface area contributed by atoms with Crippen molar-refractivity contribution in [3.8, 4) is 5.75 Å². The van der Waals surface area contributed by atoms with Crippen molar-refractivity contribution in [2.24, 2.45) is 0 Å². The average molecular weight is 393 g/mol. The number of nitrogens with zero attached hydrogens (tertiary/aromatic N) is 2. The van der Waals surface area contributed by atoms with Gasteiger partial charge in [-0.15, -0.1) is 0 Å². The van der Waals surface area contributed by atoms with Crippen LogP contribution < -0.4 is 10.2 Å². The number of carbonyl (C=O) groups is 1. The number of esters is 1. The maximum absolute atomic E-state index is 13.7. The minimum atomic E-state index is -1.08. The van der Waals surface area contributed by atoms with Crippen molar-refractivity contribution in [2.75, 3.05) is 0 Å². The molecule has 0 saturated carbocycles. The molecule has 2 aromatic heterocycles. The van der Waals surface area contributed by atoms with E-state index < -0.39 is 22.8 Å². The van der Waals surface area contributed by atoms with Crippen LogP contribution in [0.3, 0.4) is 0 Å². The predicted molar refractivity (Wildman–Crippen MR) is 92.9 cm³/mol. The summed E-state index contributed by atoms with van der Waals surface area (Å²) in [4.78, 5) is 32.2. The maximum atomic E-state index is 13.7. The second kappa shape index (κ2) is 8.11. The van der Waals surface area contributed by atoms with Crippen LogP contribution in [-0.2, 0) is 5.75 Å². The molecule has 0 radical (unpaired) electrons. The second-order valence-electron chi connectivity index (χ2n) is 4.88. The van der Waals surface area contributed by atoms with E-state index in [-0.39, 0.29) is 10.8 Å². The standard InChI is InChI=1S/C17H10ClFN2O4S/c18-11-3-1-4-12(19)15(11)16(23)25-14-8-24-10(7-13(14)22)9-26-17-20-5-2-6-21-17/h1-8H,9H2. The number of hydrogen-bond acceptors (Lipinski definition) is 7. The first-order valence-corrected chi connectivity index (χ1v) is 8.58. The SMILES string of the molecule is O=C(Oc1coc(CSc2ncccn2)cc1=O)c1c(F)cccc1Cl. The minimum absolute atomic E-state index is 0.115. The molecule has 0 unspecified atom stereocenters. The van der Waals surface area contributed by atoms with Gasteiger partial charge in [-0.2, -0.15) is 0 Å². The van der Waals surface area contributed by atoms with Gasteiger partial charge in [-0.1, -0.05) is 29.4 Å². The molecule has 3 aromatic rings. The highest BCUT2D eigenvalue weighted by molar-refractivity contribution is 7.98. The van der Waals surface area contributed by atoms with Gasteiger partial charge < -0.3 is 9.15 Å². The Morgan fingerprint density at radius 2 is 2.04 bits per heavy atom. The third-order valence-electron chi connectivity index (χ3n) is 3.11. The lowest BCUT2D eigenvalue weighted by Crippen LogP contribution is -2.16. The summed E-state index contributed by atoms with van der Waals surface area (Å²) in [6.45, 7) is 0. The Labute approximate surface area is 156 Å². The van der Waals surface area contributed by atoms with Gasteiger partial charge in [-0.25, -0.2) is 19.2 Å². The van der Waals surface area contributed by atoms with Crippen LogP contribution >= 0.6 is 23.4 Å². The van der Waals surface area contributed by atoms with Crippen molar-refractivity contribution in [3.05, 3.63) is 81.4 Å². The van der Waals surface area contributed by atoms with E-state index in [1.54, 1.807) is 18.5 Å². The molecule has 0 aliphatic carbocycles. The lowest BCUT2D eigenvalue weighted by atomic mass is 10.2. The molecule has 6 nitrogen and oxygen atoms in total. The predicted octanol–water partition coefficient (Wildman–Crippen LogP) is 3.73. The zero-order valence-corrected chi connectivity index (χ0v) is 14.6. The van der Waals surface area contributed by atoms with E-state index in [9.17, 15) is 14.0 Å². The van der Waals surface area contributed by atoms with Crippen LogP contribution in [0.1, 0.15) is 16.1 Å². The van der Waals surface area contributed by atoms with Crippen molar-refractivity contribution in [1.29, 1.82) is 0 Å². The van der Waals surface area contributed by atoms with Crippen molar-refractivity contribution in [2.45, 2.75) is 10.9 Å². The lowest BCUT2D eigenvalue weighted by molar-refractivity contribution is 0.0724. The number of thioether (sulfide) groups is 1. The number of aromatic nitrogens is 2. The first kappa shape index (κ1) is 18.1. The Bertz CT molecular complexity index is 977. The van der Waals surface area contributed by atoms with Crippen LogP contribution in [0.2, 0.25) is 5.02 Å². The van der Waals surface area contributed by atoms with Crippen LogP contribution in [0.5, 0.6) is 5.75 Å². The first-order valence-electron chi connectivity index (χ1n) is 7.22. The van der Waals surface area contributed by atoms with E-state index in [1.165, 1.54) is 30.0 Å². The summed E-state index contributed by atoms with van der Waals surface area (Å²) in [5, 5.41) is 0.412. The zero-order chi connectivity index (χ0) is 18.5. The quantitative estimate of drug-likeness (QED) is 0.371. The van der Waals surface area contributed by atoms with Gasteiger partial charge in [0.1, 0.15) is 23.4 Å². The Morgan fingerprint density at radius 3 is 2.73 bits per heavy atom. The summed E-state index contributed by atoms with van der Waals surface area (Å²) in [7, 11) is 0. The van der Waals surface area contributed by atoms with E-state index in [1.807, 2.05) is 0 Å². The molecule has 1 aromatic carbocycles. The van der Waals surface area contributed by atoms with E-state index in [0.29, 0.717) is 16.7 Å². The summed E-state index contributed by atoms with van der Waals surface area (Å²) >= 11 is 7.07. The minimum Gasteiger partial charge on any atom is -0.464 e. The van der Waals surface area contributed by atoms with Crippen LogP contribution in [0, 0.1) is 5.82 Å². The number of rotatable bonds is 5. The third-order valence-corrected chi connectivity index (χ3v) is 4.32. The van der Waals surface area contributed by atoms with E-state index >= 15 is 0 Å². The second-order valence-corrected chi connectivity index (χ2v) is 6.23. The molecule has 132 valence electrons. The van der Waals surface area contributed by atoms with Gasteiger partial charge >= 0.3 is 5.97 Å². The van der Waals surface area contributed by atoms with E-state index in [0.717, 1.165) is 12.3 Å². The van der Waals surface area contributed by atoms with Crippen molar-refractivity contribution >= 4 is 29.3 Å². The molecule has 3 rings (SSSR count). The molecule has 0 atom stereocenters. The van der Waals surface area contributed by atoms with Gasteiger partial charge in [0, 0.05) is 18.5 Å². The molecule has 0 saturated heterocycles. The fourth-order valence-electron chi connectivity index (χ4n) is 1.93. The zero-order valence-electron chi connectivity index (χ0n) is 13.0. The first-order chi connectivity index (χ1) is 12.5. The van der Waals surface area contributed by atoms with Gasteiger partial charge in [-0.05, 0) is 18.2 Å². The highest BCUT2D eigenvalue weighted by atomic mass is 35.5. The van der Waals surface area contributed by atoms with Crippen LogP contribution in [0.25, 0.3) is 0 Å². The average Bonchev–Trinajstić information content (AvgIpc) is 2.63. The largest absolute Gasteiger partial charge is 0.464 e. The summed E-state index contributed by atoms with van der Waals surface area (Å²) < 4.78 is 23.9. The fourth-order valence-corrected chi connectivity index (χ4v) is 2.86. The van der Waals surface area contributed by atoms with Crippen molar-refractivity contribution in [1.82, 2.24) is 9.97 Å². The van der Waals surface area contributed by atoms with Gasteiger partial charge in [-0.3, -0.25) is 4.79 Å². The van der Waals surface area contributed by atoms with Crippen LogP contribution in [-0.4, -0.2) is 15.9 Å². The van der Waals surface area contributed by atoms with E-state index in [4.69, 9.17) is 20.8 Å². The van der Waals surface area contributed by atoms with Crippen molar-refractivity contribution < 1.29 is 18.3 Å². The van der Waals surface area contributed by atoms with E-state index in [2.05, 4.69) is 9.97 Å². The Balaban J connectivity index is 1.72. The number of halogens is 2. The number of ether oxygens (including phenoxy) is 1. The molecule has 26 heavy (non-hydrogen) atoms. The molecule has 2 heterocycles. The highest BCUT2D eigenvalue weighted by Gasteiger charge is 2.19. The Kier molecular flexibility index (Phi) is 5.65. The molecule has 0 amide bonds. The summed E-state index contributed by atoms with van der Waals surface area (Å²) in [5.74, 6) is -1.63. The molecule has 0 fully saturated rings. The summed E-state index contributed by atoms with van der Waals surface area (Å²) in [5.41, 5.74) is -1.03. The number of benzene rings is 1. The number of hydrogen-bond donors (Lipinski definition) is 0. The smallest absolute Gasteiger partial charge is 0.348 e. The molecule has 9 heteroatoms. The maximum Gasteiger partial charge on any atom is 0.348 e. The fraction of sp³-hybridized carbons (Fsp3) is 0.0588. The van der Waals surface area contributed by atoms with Crippen molar-refractivity contribution in [3.63, 3.8) is 0 Å². The lowest BCUT2D eigenvalue weighted by Gasteiger charge is -2.06. The van der Waals surface area contributed by atoms with Gasteiger partial charge in [0.05, 0.1) is 10.8 Å². The third kappa shape index (κ3) is 4.27. The topological polar surface area (TPSA) is 82.3 Å².